The maximum atomic E-state index is 12.5. The van der Waals surface area contributed by atoms with Gasteiger partial charge in [-0.25, -0.2) is 4.99 Å². The fourth-order valence-electron chi connectivity index (χ4n) is 2.51. The molecule has 3 N–H and O–H groups in total. The number of aryl methyl sites for hydroxylation is 2. The molecule has 2 aromatic carbocycles. The van der Waals surface area contributed by atoms with Gasteiger partial charge in [-0.2, -0.15) is 0 Å². The average molecular weight is 336 g/mol. The van der Waals surface area contributed by atoms with Crippen molar-refractivity contribution in [2.24, 2.45) is 4.99 Å². The molecule has 6 nitrogen and oxygen atoms in total. The Kier molecular flexibility index (Phi) is 4.79. The third-order valence-electron chi connectivity index (χ3n) is 4.04. The van der Waals surface area contributed by atoms with Crippen molar-refractivity contribution < 1.29 is 9.59 Å². The number of aliphatic imine (C=N–C) groups is 1. The lowest BCUT2D eigenvalue weighted by Crippen LogP contribution is -2.45. The number of hydrogen-bond donors (Lipinski definition) is 3. The van der Waals surface area contributed by atoms with Crippen molar-refractivity contribution in [1.82, 2.24) is 5.32 Å². The topological polar surface area (TPSA) is 82.6 Å². The molecule has 0 spiro atoms. The summed E-state index contributed by atoms with van der Waals surface area (Å²) < 4.78 is 0. The van der Waals surface area contributed by atoms with Crippen LogP contribution in [0.1, 0.15) is 17.5 Å². The summed E-state index contributed by atoms with van der Waals surface area (Å²) in [4.78, 5) is 28.7. The van der Waals surface area contributed by atoms with Gasteiger partial charge in [0.1, 0.15) is 6.04 Å². The highest BCUT2D eigenvalue weighted by Gasteiger charge is 2.27. The Morgan fingerprint density at radius 3 is 2.56 bits per heavy atom. The van der Waals surface area contributed by atoms with Crippen LogP contribution < -0.4 is 16.0 Å². The predicted molar refractivity (Wildman–Crippen MR) is 98.6 cm³/mol. The summed E-state index contributed by atoms with van der Waals surface area (Å²) >= 11 is 0. The summed E-state index contributed by atoms with van der Waals surface area (Å²) in [7, 11) is 0. The number of rotatable bonds is 3. The quantitative estimate of drug-likeness (QED) is 0.806. The minimum atomic E-state index is -0.762. The van der Waals surface area contributed by atoms with Gasteiger partial charge in [-0.1, -0.05) is 24.3 Å². The number of benzene rings is 2. The number of para-hydroxylation sites is 1. The van der Waals surface area contributed by atoms with Crippen LogP contribution in [0, 0.1) is 13.8 Å². The van der Waals surface area contributed by atoms with Crippen LogP contribution in [-0.4, -0.2) is 23.8 Å². The number of hydrogen-bond acceptors (Lipinski definition) is 4. The summed E-state index contributed by atoms with van der Waals surface area (Å²) in [5.74, 6) is -0.262. The molecule has 0 saturated heterocycles. The normalized spacial score (nSPS) is 16.6. The summed E-state index contributed by atoms with van der Waals surface area (Å²) in [6.45, 7) is 4.00. The molecule has 2 aromatic rings. The van der Waals surface area contributed by atoms with E-state index in [2.05, 4.69) is 20.9 Å². The molecule has 0 aromatic heterocycles. The maximum absolute atomic E-state index is 12.5. The van der Waals surface area contributed by atoms with Gasteiger partial charge < -0.3 is 10.6 Å². The van der Waals surface area contributed by atoms with Crippen molar-refractivity contribution in [3.63, 3.8) is 0 Å². The SMILES string of the molecule is Cc1ccc(NC(=O)[C@H]2CC(=O)NC(Nc3ccccc3)=N2)cc1C. The van der Waals surface area contributed by atoms with Gasteiger partial charge in [0.05, 0.1) is 6.42 Å². The van der Waals surface area contributed by atoms with Crippen LogP contribution >= 0.6 is 0 Å². The van der Waals surface area contributed by atoms with Gasteiger partial charge in [0, 0.05) is 11.4 Å². The number of carbonyl (C=O) groups is 2. The smallest absolute Gasteiger partial charge is 0.249 e. The zero-order chi connectivity index (χ0) is 17.8. The zero-order valence-electron chi connectivity index (χ0n) is 14.2. The van der Waals surface area contributed by atoms with Gasteiger partial charge in [0.2, 0.25) is 17.8 Å². The minimum Gasteiger partial charge on any atom is -0.326 e. The Hall–Kier alpha value is -3.15. The van der Waals surface area contributed by atoms with E-state index in [4.69, 9.17) is 0 Å². The number of nitrogens with one attached hydrogen (secondary N) is 3. The van der Waals surface area contributed by atoms with Gasteiger partial charge in [-0.05, 0) is 49.2 Å². The van der Waals surface area contributed by atoms with Gasteiger partial charge in [0.25, 0.3) is 0 Å². The molecule has 0 saturated carbocycles. The Morgan fingerprint density at radius 1 is 1.08 bits per heavy atom. The van der Waals surface area contributed by atoms with Crippen molar-refractivity contribution in [2.75, 3.05) is 10.6 Å². The number of carbonyl (C=O) groups excluding carboxylic acids is 2. The van der Waals surface area contributed by atoms with Gasteiger partial charge in [0.15, 0.2) is 0 Å². The van der Waals surface area contributed by atoms with Gasteiger partial charge in [-0.15, -0.1) is 0 Å². The number of guanidine groups is 1. The Bertz CT molecular complexity index is 831. The summed E-state index contributed by atoms with van der Waals surface area (Å²) in [5, 5.41) is 8.50. The molecule has 1 heterocycles. The lowest BCUT2D eigenvalue weighted by molar-refractivity contribution is -0.124. The second-order valence-corrected chi connectivity index (χ2v) is 6.03. The van der Waals surface area contributed by atoms with Gasteiger partial charge >= 0.3 is 0 Å². The van der Waals surface area contributed by atoms with Crippen molar-refractivity contribution in [1.29, 1.82) is 0 Å². The van der Waals surface area contributed by atoms with Crippen LogP contribution in [0.4, 0.5) is 11.4 Å². The lowest BCUT2D eigenvalue weighted by atomic mass is 10.1. The molecule has 6 heteroatoms. The van der Waals surface area contributed by atoms with Crippen molar-refractivity contribution >= 4 is 29.1 Å². The summed E-state index contributed by atoms with van der Waals surface area (Å²) in [5.41, 5.74) is 3.74. The molecule has 0 aliphatic carbocycles. The van der Waals surface area contributed by atoms with E-state index in [1.165, 1.54) is 0 Å². The first-order valence-corrected chi connectivity index (χ1v) is 8.09. The van der Waals surface area contributed by atoms with Crippen LogP contribution in [-0.2, 0) is 9.59 Å². The van der Waals surface area contributed by atoms with E-state index in [-0.39, 0.29) is 24.2 Å². The van der Waals surface area contributed by atoms with E-state index in [0.29, 0.717) is 5.69 Å². The maximum Gasteiger partial charge on any atom is 0.249 e. The van der Waals surface area contributed by atoms with E-state index >= 15 is 0 Å². The van der Waals surface area contributed by atoms with Crippen LogP contribution in [0.25, 0.3) is 0 Å². The zero-order valence-corrected chi connectivity index (χ0v) is 14.2. The number of anilines is 2. The van der Waals surface area contributed by atoms with Gasteiger partial charge in [-0.3, -0.25) is 14.9 Å². The van der Waals surface area contributed by atoms with E-state index in [9.17, 15) is 9.59 Å². The molecular formula is C19H20N4O2. The van der Waals surface area contributed by atoms with Crippen molar-refractivity contribution in [3.8, 4) is 0 Å². The molecular weight excluding hydrogens is 316 g/mol. The Balaban J connectivity index is 1.73. The van der Waals surface area contributed by atoms with Crippen LogP contribution in [0.5, 0.6) is 0 Å². The van der Waals surface area contributed by atoms with Crippen LogP contribution in [0.2, 0.25) is 0 Å². The Morgan fingerprint density at radius 2 is 1.84 bits per heavy atom. The van der Waals surface area contributed by atoms with Crippen LogP contribution in [0.3, 0.4) is 0 Å². The monoisotopic (exact) mass is 336 g/mol. The molecule has 25 heavy (non-hydrogen) atoms. The van der Waals surface area contributed by atoms with E-state index in [1.54, 1.807) is 0 Å². The predicted octanol–water partition coefficient (Wildman–Crippen LogP) is 2.60. The average Bonchev–Trinajstić information content (AvgIpc) is 2.58. The van der Waals surface area contributed by atoms with E-state index in [1.807, 2.05) is 62.4 Å². The fraction of sp³-hybridized carbons (Fsp3) is 0.211. The van der Waals surface area contributed by atoms with Crippen LogP contribution in [0.15, 0.2) is 53.5 Å². The van der Waals surface area contributed by atoms with E-state index < -0.39 is 6.04 Å². The highest BCUT2D eigenvalue weighted by atomic mass is 16.2. The standard InChI is InChI=1S/C19H20N4O2/c1-12-8-9-15(10-13(12)2)20-18(25)16-11-17(24)23-19(22-16)21-14-6-4-3-5-7-14/h3-10,16H,11H2,1-2H3,(H,20,25)(H2,21,22,23,24)/t16-/m1/s1. The number of amides is 2. The highest BCUT2D eigenvalue weighted by Crippen LogP contribution is 2.16. The first-order chi connectivity index (χ1) is 12.0. The highest BCUT2D eigenvalue weighted by molar-refractivity contribution is 6.10. The molecule has 0 fully saturated rings. The first-order valence-electron chi connectivity index (χ1n) is 8.09. The fourth-order valence-corrected chi connectivity index (χ4v) is 2.51. The second kappa shape index (κ2) is 7.17. The molecule has 1 aliphatic heterocycles. The number of nitrogens with zero attached hydrogens (tertiary/aromatic N) is 1. The van der Waals surface area contributed by atoms with Crippen molar-refractivity contribution in [3.05, 3.63) is 59.7 Å². The molecule has 3 rings (SSSR count). The Labute approximate surface area is 146 Å². The minimum absolute atomic E-state index is 0.0245. The molecule has 1 atom stereocenters. The molecule has 0 bridgehead atoms. The lowest BCUT2D eigenvalue weighted by Gasteiger charge is -2.21. The second-order valence-electron chi connectivity index (χ2n) is 6.03. The summed E-state index contributed by atoms with van der Waals surface area (Å²) in [6, 6.07) is 14.3. The molecule has 0 radical (unpaired) electrons. The third kappa shape index (κ3) is 4.23. The molecule has 2 amide bonds. The molecule has 0 unspecified atom stereocenters. The molecule has 128 valence electrons. The third-order valence-corrected chi connectivity index (χ3v) is 4.04. The van der Waals surface area contributed by atoms with E-state index in [0.717, 1.165) is 16.8 Å². The summed E-state index contributed by atoms with van der Waals surface area (Å²) in [6.07, 6.45) is 0.0245. The molecule has 1 aliphatic rings. The first kappa shape index (κ1) is 16.7. The van der Waals surface area contributed by atoms with Crippen molar-refractivity contribution in [2.45, 2.75) is 26.3 Å². The largest absolute Gasteiger partial charge is 0.326 e.